The highest BCUT2D eigenvalue weighted by atomic mass is 35.5. The maximum atomic E-state index is 6.02. The molecule has 4 rings (SSSR count). The monoisotopic (exact) mass is 311 g/mol. The van der Waals surface area contributed by atoms with Crippen LogP contribution >= 0.6 is 11.6 Å². The highest BCUT2D eigenvalue weighted by molar-refractivity contribution is 6.31. The van der Waals surface area contributed by atoms with Gasteiger partial charge in [-0.2, -0.15) is 5.43 Å². The van der Waals surface area contributed by atoms with Crippen LogP contribution in [0, 0.1) is 12.3 Å². The van der Waals surface area contributed by atoms with Gasteiger partial charge < -0.3 is 5.73 Å². The Morgan fingerprint density at radius 2 is 1.77 bits per heavy atom. The van der Waals surface area contributed by atoms with E-state index >= 15 is 0 Å². The van der Waals surface area contributed by atoms with Crippen LogP contribution in [0.15, 0.2) is 47.5 Å². The molecule has 1 unspecified atom stereocenters. The van der Waals surface area contributed by atoms with Crippen LogP contribution in [0.25, 0.3) is 11.1 Å². The normalized spacial score (nSPS) is 20.1. The van der Waals surface area contributed by atoms with Crippen molar-refractivity contribution < 1.29 is 0 Å². The summed E-state index contributed by atoms with van der Waals surface area (Å²) in [5, 5.41) is 0.451. The second kappa shape index (κ2) is 5.35. The minimum atomic E-state index is -1.18. The van der Waals surface area contributed by atoms with Crippen molar-refractivity contribution in [2.75, 3.05) is 0 Å². The Morgan fingerprint density at radius 3 is 2.18 bits per heavy atom. The molecule has 1 aromatic rings. The number of nitrogens with one attached hydrogen (secondary N) is 2. The lowest BCUT2D eigenvalue weighted by atomic mass is 9.95. The molecule has 3 aliphatic rings. The zero-order valence-corrected chi connectivity index (χ0v) is 12.4. The number of halogens is 1. The third-order valence-electron chi connectivity index (χ3n) is 3.46. The number of aliphatic imine (C=N–C) groups is 1. The van der Waals surface area contributed by atoms with E-state index in [0.29, 0.717) is 16.1 Å². The highest BCUT2D eigenvalue weighted by Gasteiger charge is 2.33. The number of nitrogens with zero attached hydrogens (tertiary/aromatic N) is 1. The van der Waals surface area contributed by atoms with Crippen LogP contribution in [0.5, 0.6) is 0 Å². The van der Waals surface area contributed by atoms with E-state index in [0.717, 1.165) is 0 Å². The third-order valence-corrected chi connectivity index (χ3v) is 3.78. The van der Waals surface area contributed by atoms with Crippen molar-refractivity contribution in [1.82, 2.24) is 10.9 Å². The highest BCUT2D eigenvalue weighted by Crippen LogP contribution is 2.29. The van der Waals surface area contributed by atoms with E-state index in [4.69, 9.17) is 29.5 Å². The van der Waals surface area contributed by atoms with Crippen LogP contribution in [0.3, 0.4) is 0 Å². The molecular weight excluding hydrogens is 298 g/mol. The van der Waals surface area contributed by atoms with E-state index in [-0.39, 0.29) is 5.96 Å². The van der Waals surface area contributed by atoms with Crippen molar-refractivity contribution in [3.63, 3.8) is 0 Å². The number of hydrazine groups is 1. The molecule has 0 fully saturated rings. The third kappa shape index (κ3) is 2.40. The average Bonchev–Trinajstić information content (AvgIpc) is 2.84. The van der Waals surface area contributed by atoms with Gasteiger partial charge in [0, 0.05) is 5.56 Å². The van der Waals surface area contributed by atoms with Gasteiger partial charge in [-0.3, -0.25) is 11.2 Å². The zero-order valence-electron chi connectivity index (χ0n) is 11.6. The van der Waals surface area contributed by atoms with E-state index in [9.17, 15) is 0 Å². The van der Waals surface area contributed by atoms with Crippen molar-refractivity contribution in [2.24, 2.45) is 16.5 Å². The Balaban J connectivity index is 0.000000196. The molecule has 1 atom stereocenters. The van der Waals surface area contributed by atoms with Crippen LogP contribution in [0.4, 0.5) is 0 Å². The summed E-state index contributed by atoms with van der Waals surface area (Å²) in [6.45, 7) is 0. The van der Waals surface area contributed by atoms with Gasteiger partial charge in [0.05, 0.1) is 10.6 Å². The van der Waals surface area contributed by atoms with Crippen LogP contribution in [0.2, 0.25) is 5.02 Å². The fourth-order valence-electron chi connectivity index (χ4n) is 2.18. The molecule has 5 nitrogen and oxygen atoms in total. The minimum absolute atomic E-state index is 0.199. The van der Waals surface area contributed by atoms with E-state index in [2.05, 4.69) is 46.0 Å². The van der Waals surface area contributed by atoms with Gasteiger partial charge in [-0.1, -0.05) is 53.9 Å². The molecule has 2 aliphatic carbocycles. The van der Waals surface area contributed by atoms with Gasteiger partial charge in [-0.25, -0.2) is 4.99 Å². The lowest BCUT2D eigenvalue weighted by Gasteiger charge is -2.22. The summed E-state index contributed by atoms with van der Waals surface area (Å²) in [7, 11) is 0. The SMILES string of the molecule is C#Cc1c(Cl)cccc1C1(N)N=C(N)NN1.c1cc2ccc1-2. The summed E-state index contributed by atoms with van der Waals surface area (Å²) in [6, 6.07) is 13.7. The van der Waals surface area contributed by atoms with Gasteiger partial charge in [-0.05, 0) is 17.2 Å². The van der Waals surface area contributed by atoms with Crippen molar-refractivity contribution in [3.05, 3.63) is 58.6 Å². The maximum absolute atomic E-state index is 6.02. The van der Waals surface area contributed by atoms with Crippen molar-refractivity contribution >= 4 is 17.6 Å². The van der Waals surface area contributed by atoms with Gasteiger partial charge >= 0.3 is 0 Å². The molecule has 0 saturated carbocycles. The number of hydrogen-bond acceptors (Lipinski definition) is 5. The molecule has 1 heterocycles. The fourth-order valence-corrected chi connectivity index (χ4v) is 2.41. The number of guanidine groups is 1. The Hall–Kier alpha value is -2.52. The number of fused-ring (bicyclic) bond motifs is 1. The summed E-state index contributed by atoms with van der Waals surface area (Å²) >= 11 is 5.98. The first kappa shape index (κ1) is 14.4. The van der Waals surface area contributed by atoms with Crippen LogP contribution < -0.4 is 22.3 Å². The number of rotatable bonds is 1. The Labute approximate surface area is 133 Å². The van der Waals surface area contributed by atoms with Crippen LogP contribution in [-0.4, -0.2) is 5.96 Å². The second-order valence-electron chi connectivity index (χ2n) is 4.90. The number of hydrogen-bond donors (Lipinski definition) is 4. The number of benzene rings is 2. The predicted octanol–water partition coefficient (Wildman–Crippen LogP) is 1.48. The summed E-state index contributed by atoms with van der Waals surface area (Å²) in [4.78, 5) is 4.04. The zero-order chi connectivity index (χ0) is 15.7. The van der Waals surface area contributed by atoms with Crippen molar-refractivity contribution in [3.8, 4) is 23.5 Å². The van der Waals surface area contributed by atoms with Crippen molar-refractivity contribution in [2.45, 2.75) is 5.79 Å². The summed E-state index contributed by atoms with van der Waals surface area (Å²) < 4.78 is 0. The topological polar surface area (TPSA) is 88.5 Å². The van der Waals surface area contributed by atoms with Gasteiger partial charge in [-0.15, -0.1) is 6.42 Å². The standard InChI is InChI=1S/C10H10ClN5.C6H4/c1-2-6-7(4-3-5-8(6)11)10(13)14-9(12)15-16-10;1-2-6-4-3-5(1)6/h1,3-5,16H,13H2,(H3,12,14,15);1-4H. The molecule has 0 saturated heterocycles. The molecule has 0 aromatic heterocycles. The van der Waals surface area contributed by atoms with E-state index in [1.165, 1.54) is 11.1 Å². The molecule has 0 spiro atoms. The van der Waals surface area contributed by atoms with Crippen molar-refractivity contribution in [1.29, 1.82) is 0 Å². The molecule has 22 heavy (non-hydrogen) atoms. The Bertz CT molecular complexity index is 770. The minimum Gasteiger partial charge on any atom is -0.369 e. The Morgan fingerprint density at radius 1 is 1.14 bits per heavy atom. The quantitative estimate of drug-likeness (QED) is 0.513. The summed E-state index contributed by atoms with van der Waals surface area (Å²) in [6.07, 6.45) is 5.39. The molecule has 110 valence electrons. The second-order valence-corrected chi connectivity index (χ2v) is 5.30. The van der Waals surface area contributed by atoms with Gasteiger partial charge in [0.25, 0.3) is 0 Å². The molecule has 0 radical (unpaired) electrons. The molecule has 1 aliphatic heterocycles. The van der Waals surface area contributed by atoms with E-state index in [1.807, 2.05) is 0 Å². The molecule has 0 bridgehead atoms. The first-order chi connectivity index (χ1) is 10.5. The lowest BCUT2D eigenvalue weighted by Crippen LogP contribution is -2.51. The van der Waals surface area contributed by atoms with Gasteiger partial charge in [0.15, 0.2) is 0 Å². The predicted molar refractivity (Wildman–Crippen MR) is 88.6 cm³/mol. The van der Waals surface area contributed by atoms with Gasteiger partial charge in [0.2, 0.25) is 11.7 Å². The maximum Gasteiger partial charge on any atom is 0.210 e. The number of nitrogens with two attached hydrogens (primary N) is 2. The summed E-state index contributed by atoms with van der Waals surface area (Å²) in [5.41, 5.74) is 20.8. The largest absolute Gasteiger partial charge is 0.369 e. The molecule has 1 aromatic carbocycles. The first-order valence-corrected chi connectivity index (χ1v) is 6.95. The van der Waals surface area contributed by atoms with Crippen LogP contribution in [0.1, 0.15) is 11.1 Å². The molecular formula is C16H14ClN5. The molecule has 0 amide bonds. The average molecular weight is 312 g/mol. The first-order valence-electron chi connectivity index (χ1n) is 6.57. The lowest BCUT2D eigenvalue weighted by molar-refractivity contribution is 0.374. The Kier molecular flexibility index (Phi) is 3.51. The van der Waals surface area contributed by atoms with E-state index in [1.54, 1.807) is 18.2 Å². The number of terminal acetylenes is 1. The van der Waals surface area contributed by atoms with Gasteiger partial charge in [0.1, 0.15) is 0 Å². The van der Waals surface area contributed by atoms with E-state index < -0.39 is 5.79 Å². The smallest absolute Gasteiger partial charge is 0.210 e. The molecule has 6 heteroatoms. The van der Waals surface area contributed by atoms with Crippen LogP contribution in [-0.2, 0) is 5.79 Å². The molecule has 6 N–H and O–H groups in total. The fraction of sp³-hybridized carbons (Fsp3) is 0.0625. The summed E-state index contributed by atoms with van der Waals surface area (Å²) in [5.74, 6) is 1.51.